The maximum Gasteiger partial charge on any atom is 0.272 e. The van der Waals surface area contributed by atoms with E-state index in [9.17, 15) is 9.59 Å². The number of amides is 2. The fourth-order valence-electron chi connectivity index (χ4n) is 2.28. The van der Waals surface area contributed by atoms with Crippen molar-refractivity contribution in [2.75, 3.05) is 0 Å². The number of pyridine rings is 2. The van der Waals surface area contributed by atoms with Crippen LogP contribution in [0.5, 0.6) is 0 Å². The zero-order valence-corrected chi connectivity index (χ0v) is 15.7. The topological polar surface area (TPSA) is 84.0 Å². The van der Waals surface area contributed by atoms with Gasteiger partial charge in [0.1, 0.15) is 5.03 Å². The maximum absolute atomic E-state index is 12.5. The quantitative estimate of drug-likeness (QED) is 0.681. The molecular weight excluding hydrogens is 360 g/mol. The summed E-state index contributed by atoms with van der Waals surface area (Å²) in [6.07, 6.45) is 4.63. The summed E-state index contributed by atoms with van der Waals surface area (Å²) in [6, 6.07) is 12.7. The Bertz CT molecular complexity index is 977. The summed E-state index contributed by atoms with van der Waals surface area (Å²) in [5.41, 5.74) is 7.93. The molecule has 7 heteroatoms. The highest BCUT2D eigenvalue weighted by atomic mass is 32.2. The Kier molecular flexibility index (Phi) is 5.83. The summed E-state index contributed by atoms with van der Waals surface area (Å²) in [4.78, 5) is 33.7. The first-order valence-corrected chi connectivity index (χ1v) is 9.07. The molecule has 27 heavy (non-hydrogen) atoms. The molecule has 0 saturated carbocycles. The lowest BCUT2D eigenvalue weighted by atomic mass is 10.1. The van der Waals surface area contributed by atoms with E-state index >= 15 is 0 Å². The van der Waals surface area contributed by atoms with E-state index in [0.29, 0.717) is 16.2 Å². The standard InChI is InChI=1S/C20H18N4O2S/c1-13-7-8-16(11-14(13)2)27-20-17(6-4-10-22-20)19(26)24-23-18(25)15-5-3-9-21-12-15/h3-12H,1-2H3,(H,23,25)(H,24,26). The molecule has 0 unspecified atom stereocenters. The second-order valence-corrected chi connectivity index (χ2v) is 6.92. The average Bonchev–Trinajstić information content (AvgIpc) is 2.70. The third kappa shape index (κ3) is 4.71. The second kappa shape index (κ2) is 8.46. The van der Waals surface area contributed by atoms with E-state index in [0.717, 1.165) is 4.90 Å². The maximum atomic E-state index is 12.5. The van der Waals surface area contributed by atoms with Crippen LogP contribution in [0.3, 0.4) is 0 Å². The number of aromatic nitrogens is 2. The van der Waals surface area contributed by atoms with E-state index in [-0.39, 0.29) is 0 Å². The lowest BCUT2D eigenvalue weighted by Gasteiger charge is -2.10. The highest BCUT2D eigenvalue weighted by molar-refractivity contribution is 7.99. The van der Waals surface area contributed by atoms with Crippen LogP contribution in [0.1, 0.15) is 31.8 Å². The van der Waals surface area contributed by atoms with Crippen molar-refractivity contribution < 1.29 is 9.59 Å². The third-order valence-electron chi connectivity index (χ3n) is 3.92. The van der Waals surface area contributed by atoms with E-state index in [2.05, 4.69) is 26.9 Å². The Balaban J connectivity index is 1.72. The molecule has 2 amide bonds. The van der Waals surface area contributed by atoms with Gasteiger partial charge in [0, 0.05) is 23.5 Å². The van der Waals surface area contributed by atoms with E-state index in [1.165, 1.54) is 29.1 Å². The zero-order valence-electron chi connectivity index (χ0n) is 14.9. The molecule has 0 aliphatic heterocycles. The highest BCUT2D eigenvalue weighted by Gasteiger charge is 2.15. The molecule has 6 nitrogen and oxygen atoms in total. The van der Waals surface area contributed by atoms with Gasteiger partial charge in [-0.25, -0.2) is 4.98 Å². The van der Waals surface area contributed by atoms with Gasteiger partial charge in [0.05, 0.1) is 11.1 Å². The molecule has 0 bridgehead atoms. The predicted octanol–water partition coefficient (Wildman–Crippen LogP) is 3.32. The first kappa shape index (κ1) is 18.6. The van der Waals surface area contributed by atoms with Crippen molar-refractivity contribution in [3.8, 4) is 0 Å². The van der Waals surface area contributed by atoms with Crippen molar-refractivity contribution in [3.05, 3.63) is 83.3 Å². The molecule has 0 spiro atoms. The van der Waals surface area contributed by atoms with E-state index in [1.54, 1.807) is 36.7 Å². The number of nitrogens with one attached hydrogen (secondary N) is 2. The molecular formula is C20H18N4O2S. The second-order valence-electron chi connectivity index (χ2n) is 5.85. The van der Waals surface area contributed by atoms with Crippen LogP contribution in [0.4, 0.5) is 0 Å². The molecule has 1 aromatic carbocycles. The van der Waals surface area contributed by atoms with Crippen LogP contribution in [0.15, 0.2) is 71.0 Å². The Hall–Kier alpha value is -3.19. The van der Waals surface area contributed by atoms with Gasteiger partial charge in [0.25, 0.3) is 11.8 Å². The SMILES string of the molecule is Cc1ccc(Sc2ncccc2C(=O)NNC(=O)c2cccnc2)cc1C. The number of benzene rings is 1. The van der Waals surface area contributed by atoms with Crippen molar-refractivity contribution in [1.82, 2.24) is 20.8 Å². The summed E-state index contributed by atoms with van der Waals surface area (Å²) in [5, 5.41) is 0.564. The zero-order chi connectivity index (χ0) is 19.2. The minimum atomic E-state index is -0.441. The molecule has 0 atom stereocenters. The van der Waals surface area contributed by atoms with Gasteiger partial charge in [-0.2, -0.15) is 0 Å². The van der Waals surface area contributed by atoms with Gasteiger partial charge in [0.2, 0.25) is 0 Å². The molecule has 0 aliphatic rings. The van der Waals surface area contributed by atoms with Crippen LogP contribution < -0.4 is 10.9 Å². The minimum absolute atomic E-state index is 0.355. The highest BCUT2D eigenvalue weighted by Crippen LogP contribution is 2.29. The largest absolute Gasteiger partial charge is 0.272 e. The van der Waals surface area contributed by atoms with Gasteiger partial charge >= 0.3 is 0 Å². The summed E-state index contributed by atoms with van der Waals surface area (Å²) < 4.78 is 0. The molecule has 0 radical (unpaired) electrons. The Morgan fingerprint density at radius 3 is 2.44 bits per heavy atom. The van der Waals surface area contributed by atoms with Crippen LogP contribution in [-0.4, -0.2) is 21.8 Å². The summed E-state index contributed by atoms with van der Waals surface area (Å²) in [7, 11) is 0. The number of hydrazine groups is 1. The molecule has 3 rings (SSSR count). The van der Waals surface area contributed by atoms with Crippen molar-refractivity contribution in [3.63, 3.8) is 0 Å². The molecule has 2 heterocycles. The van der Waals surface area contributed by atoms with Gasteiger partial charge in [0.15, 0.2) is 0 Å². The van der Waals surface area contributed by atoms with Gasteiger partial charge in [-0.1, -0.05) is 17.8 Å². The fraction of sp³-hybridized carbons (Fsp3) is 0.100. The van der Waals surface area contributed by atoms with E-state index in [1.807, 2.05) is 26.0 Å². The number of hydrogen-bond donors (Lipinski definition) is 2. The summed E-state index contributed by atoms with van der Waals surface area (Å²) in [5.74, 6) is -0.879. The Morgan fingerprint density at radius 2 is 1.70 bits per heavy atom. The van der Waals surface area contributed by atoms with Crippen LogP contribution in [0.25, 0.3) is 0 Å². The van der Waals surface area contributed by atoms with Gasteiger partial charge in [-0.05, 0) is 61.4 Å². The van der Waals surface area contributed by atoms with Crippen molar-refractivity contribution >= 4 is 23.6 Å². The van der Waals surface area contributed by atoms with Gasteiger partial charge in [-0.3, -0.25) is 25.4 Å². The summed E-state index contributed by atoms with van der Waals surface area (Å²) in [6.45, 7) is 4.09. The number of carbonyl (C=O) groups excluding carboxylic acids is 2. The average molecular weight is 378 g/mol. The number of carbonyl (C=O) groups is 2. The van der Waals surface area contributed by atoms with Crippen LogP contribution >= 0.6 is 11.8 Å². The molecule has 0 saturated heterocycles. The van der Waals surface area contributed by atoms with Crippen LogP contribution in [0, 0.1) is 13.8 Å². The van der Waals surface area contributed by atoms with Crippen LogP contribution in [-0.2, 0) is 0 Å². The first-order chi connectivity index (χ1) is 13.0. The number of aryl methyl sites for hydroxylation is 2. The molecule has 3 aromatic rings. The number of nitrogens with zero attached hydrogens (tertiary/aromatic N) is 2. The van der Waals surface area contributed by atoms with Crippen molar-refractivity contribution in [2.24, 2.45) is 0 Å². The van der Waals surface area contributed by atoms with Gasteiger partial charge in [-0.15, -0.1) is 0 Å². The first-order valence-electron chi connectivity index (χ1n) is 8.25. The van der Waals surface area contributed by atoms with Gasteiger partial charge < -0.3 is 0 Å². The van der Waals surface area contributed by atoms with Crippen molar-refractivity contribution in [1.29, 1.82) is 0 Å². The monoisotopic (exact) mass is 378 g/mol. The molecule has 0 aliphatic carbocycles. The minimum Gasteiger partial charge on any atom is -0.267 e. The lowest BCUT2D eigenvalue weighted by Crippen LogP contribution is -2.41. The van der Waals surface area contributed by atoms with E-state index < -0.39 is 11.8 Å². The predicted molar refractivity (Wildman–Crippen MR) is 103 cm³/mol. The normalized spacial score (nSPS) is 10.3. The molecule has 2 aromatic heterocycles. The fourth-order valence-corrected chi connectivity index (χ4v) is 3.26. The van der Waals surface area contributed by atoms with Crippen LogP contribution in [0.2, 0.25) is 0 Å². The third-order valence-corrected chi connectivity index (χ3v) is 4.93. The number of rotatable bonds is 4. The molecule has 2 N–H and O–H groups in total. The number of hydrogen-bond acceptors (Lipinski definition) is 5. The Morgan fingerprint density at radius 1 is 0.926 bits per heavy atom. The summed E-state index contributed by atoms with van der Waals surface area (Å²) >= 11 is 1.40. The molecule has 136 valence electrons. The lowest BCUT2D eigenvalue weighted by molar-refractivity contribution is 0.0844. The van der Waals surface area contributed by atoms with Crippen molar-refractivity contribution in [2.45, 2.75) is 23.8 Å². The smallest absolute Gasteiger partial charge is 0.267 e. The van der Waals surface area contributed by atoms with E-state index in [4.69, 9.17) is 0 Å². The Labute approximate surface area is 161 Å². The molecule has 0 fully saturated rings.